The van der Waals surface area contributed by atoms with Gasteiger partial charge >= 0.3 is 0 Å². The third-order valence-electron chi connectivity index (χ3n) is 3.41. The van der Waals surface area contributed by atoms with E-state index in [4.69, 9.17) is 10.3 Å². The third-order valence-corrected chi connectivity index (χ3v) is 3.41. The summed E-state index contributed by atoms with van der Waals surface area (Å²) in [4.78, 5) is 13.8. The van der Waals surface area contributed by atoms with E-state index in [-0.39, 0.29) is 23.7 Å². The fraction of sp³-hybridized carbons (Fsp3) is 0.714. The molecule has 0 aromatic carbocycles. The van der Waals surface area contributed by atoms with Crippen LogP contribution in [0.2, 0.25) is 0 Å². The molecular formula is C14H26ClN3O2. The summed E-state index contributed by atoms with van der Waals surface area (Å²) in [6.07, 6.45) is 1.15. The number of hydrogen-bond acceptors (Lipinski definition) is 4. The lowest BCUT2D eigenvalue weighted by Crippen LogP contribution is -2.39. The molecule has 0 spiro atoms. The summed E-state index contributed by atoms with van der Waals surface area (Å²) in [5.74, 6) is 0.928. The van der Waals surface area contributed by atoms with E-state index in [1.54, 1.807) is 4.90 Å². The molecule has 116 valence electrons. The Morgan fingerprint density at radius 2 is 2.00 bits per heavy atom. The topological polar surface area (TPSA) is 72.4 Å². The molecule has 1 heterocycles. The first-order chi connectivity index (χ1) is 8.76. The number of nitrogens with zero attached hydrogens (tertiary/aromatic N) is 2. The molecule has 0 bridgehead atoms. The van der Waals surface area contributed by atoms with Gasteiger partial charge in [-0.1, -0.05) is 19.0 Å². The summed E-state index contributed by atoms with van der Waals surface area (Å²) >= 11 is 0. The normalized spacial score (nSPS) is 11.1. The van der Waals surface area contributed by atoms with E-state index in [0.717, 1.165) is 17.0 Å². The van der Waals surface area contributed by atoms with Crippen molar-refractivity contribution in [2.75, 3.05) is 20.1 Å². The maximum atomic E-state index is 12.1. The molecule has 0 unspecified atom stereocenters. The summed E-state index contributed by atoms with van der Waals surface area (Å²) in [5, 5.41) is 3.90. The highest BCUT2D eigenvalue weighted by molar-refractivity contribution is 5.85. The Bertz CT molecular complexity index is 424. The maximum Gasteiger partial charge on any atom is 0.222 e. The van der Waals surface area contributed by atoms with E-state index < -0.39 is 0 Å². The second kappa shape index (κ2) is 7.64. The van der Waals surface area contributed by atoms with Crippen LogP contribution in [0.3, 0.4) is 0 Å². The molecule has 0 saturated carbocycles. The van der Waals surface area contributed by atoms with Gasteiger partial charge in [-0.3, -0.25) is 4.79 Å². The number of carbonyl (C=O) groups is 1. The Labute approximate surface area is 127 Å². The van der Waals surface area contributed by atoms with Crippen LogP contribution in [-0.2, 0) is 11.2 Å². The third kappa shape index (κ3) is 5.13. The van der Waals surface area contributed by atoms with Gasteiger partial charge in [0.2, 0.25) is 5.91 Å². The smallest absolute Gasteiger partial charge is 0.222 e. The van der Waals surface area contributed by atoms with Crippen LogP contribution >= 0.6 is 12.4 Å². The van der Waals surface area contributed by atoms with Crippen molar-refractivity contribution in [1.82, 2.24) is 10.1 Å². The average molecular weight is 304 g/mol. The van der Waals surface area contributed by atoms with Crippen molar-refractivity contribution in [3.63, 3.8) is 0 Å². The van der Waals surface area contributed by atoms with E-state index in [2.05, 4.69) is 19.0 Å². The number of rotatable bonds is 6. The minimum Gasteiger partial charge on any atom is -0.361 e. The van der Waals surface area contributed by atoms with Crippen molar-refractivity contribution in [3.05, 3.63) is 17.0 Å². The Morgan fingerprint density at radius 3 is 2.45 bits per heavy atom. The van der Waals surface area contributed by atoms with Crippen LogP contribution in [0.5, 0.6) is 0 Å². The van der Waals surface area contributed by atoms with E-state index in [0.29, 0.717) is 25.9 Å². The van der Waals surface area contributed by atoms with E-state index >= 15 is 0 Å². The molecule has 1 aromatic heterocycles. The molecule has 1 rings (SSSR count). The van der Waals surface area contributed by atoms with Crippen LogP contribution in [0.15, 0.2) is 4.52 Å². The lowest BCUT2D eigenvalue weighted by atomic mass is 9.93. The maximum absolute atomic E-state index is 12.1. The largest absolute Gasteiger partial charge is 0.361 e. The number of halogens is 1. The summed E-state index contributed by atoms with van der Waals surface area (Å²) in [5.41, 5.74) is 7.55. The van der Waals surface area contributed by atoms with E-state index in [1.165, 1.54) is 0 Å². The van der Waals surface area contributed by atoms with Gasteiger partial charge < -0.3 is 15.2 Å². The Morgan fingerprint density at radius 1 is 1.40 bits per heavy atom. The number of aryl methyl sites for hydroxylation is 2. The molecule has 1 aromatic rings. The number of aromatic nitrogens is 1. The van der Waals surface area contributed by atoms with Gasteiger partial charge in [-0.05, 0) is 32.2 Å². The molecule has 1 amide bonds. The zero-order valence-electron chi connectivity index (χ0n) is 13.0. The minimum atomic E-state index is -0.0482. The molecule has 2 N–H and O–H groups in total. The molecular weight excluding hydrogens is 278 g/mol. The predicted molar refractivity (Wildman–Crippen MR) is 82.0 cm³/mol. The van der Waals surface area contributed by atoms with Gasteiger partial charge in [-0.2, -0.15) is 0 Å². The zero-order chi connectivity index (χ0) is 14.6. The molecule has 0 aliphatic rings. The quantitative estimate of drug-likeness (QED) is 0.873. The van der Waals surface area contributed by atoms with Crippen LogP contribution < -0.4 is 5.73 Å². The van der Waals surface area contributed by atoms with Crippen molar-refractivity contribution in [2.24, 2.45) is 11.1 Å². The van der Waals surface area contributed by atoms with E-state index in [1.807, 2.05) is 20.9 Å². The van der Waals surface area contributed by atoms with Crippen molar-refractivity contribution >= 4 is 18.3 Å². The second-order valence-electron chi connectivity index (χ2n) is 5.92. The first-order valence-electron chi connectivity index (χ1n) is 6.62. The Hall–Kier alpha value is -1.07. The first kappa shape index (κ1) is 18.9. The van der Waals surface area contributed by atoms with Crippen LogP contribution in [0.25, 0.3) is 0 Å². The molecule has 5 nitrogen and oxygen atoms in total. The highest BCUT2D eigenvalue weighted by Gasteiger charge is 2.21. The fourth-order valence-electron chi connectivity index (χ4n) is 2.08. The molecule has 0 aliphatic carbocycles. The van der Waals surface area contributed by atoms with Gasteiger partial charge in [0, 0.05) is 25.6 Å². The van der Waals surface area contributed by atoms with Crippen molar-refractivity contribution in [1.29, 1.82) is 0 Å². The summed E-state index contributed by atoms with van der Waals surface area (Å²) in [6.45, 7) is 9.13. The van der Waals surface area contributed by atoms with Crippen LogP contribution in [0.1, 0.15) is 37.3 Å². The number of hydrogen-bond donors (Lipinski definition) is 1. The predicted octanol–water partition coefficient (Wildman–Crippen LogP) is 2.09. The van der Waals surface area contributed by atoms with Crippen molar-refractivity contribution in [2.45, 2.75) is 40.5 Å². The SMILES string of the molecule is Cc1noc(C)c1CCC(=O)N(C)CC(C)(C)CN.Cl. The minimum absolute atomic E-state index is 0. The van der Waals surface area contributed by atoms with Crippen LogP contribution in [0.4, 0.5) is 0 Å². The number of nitrogens with two attached hydrogens (primary N) is 1. The fourth-order valence-corrected chi connectivity index (χ4v) is 2.08. The molecule has 0 fully saturated rings. The van der Waals surface area contributed by atoms with Crippen molar-refractivity contribution < 1.29 is 9.32 Å². The summed E-state index contributed by atoms with van der Waals surface area (Å²) in [6, 6.07) is 0. The summed E-state index contributed by atoms with van der Waals surface area (Å²) in [7, 11) is 1.83. The van der Waals surface area contributed by atoms with Gasteiger partial charge in [0.15, 0.2) is 0 Å². The summed E-state index contributed by atoms with van der Waals surface area (Å²) < 4.78 is 5.09. The van der Waals surface area contributed by atoms with E-state index in [9.17, 15) is 4.79 Å². The van der Waals surface area contributed by atoms with Gasteiger partial charge in [-0.25, -0.2) is 0 Å². The van der Waals surface area contributed by atoms with Gasteiger partial charge in [0.05, 0.1) is 5.69 Å². The van der Waals surface area contributed by atoms with Gasteiger partial charge in [-0.15, -0.1) is 12.4 Å². The Balaban J connectivity index is 0.00000361. The molecule has 0 atom stereocenters. The van der Waals surface area contributed by atoms with Crippen molar-refractivity contribution in [3.8, 4) is 0 Å². The van der Waals surface area contributed by atoms with Gasteiger partial charge in [0.25, 0.3) is 0 Å². The highest BCUT2D eigenvalue weighted by atomic mass is 35.5. The van der Waals surface area contributed by atoms with Gasteiger partial charge in [0.1, 0.15) is 5.76 Å². The molecule has 0 radical (unpaired) electrons. The lowest BCUT2D eigenvalue weighted by Gasteiger charge is -2.29. The number of amides is 1. The van der Waals surface area contributed by atoms with Crippen LogP contribution in [-0.4, -0.2) is 36.1 Å². The molecule has 0 aliphatic heterocycles. The Kier molecular flexibility index (Phi) is 7.23. The molecule has 6 heteroatoms. The average Bonchev–Trinajstić information content (AvgIpc) is 2.65. The zero-order valence-corrected chi connectivity index (χ0v) is 13.8. The first-order valence-corrected chi connectivity index (χ1v) is 6.62. The standard InChI is InChI=1S/C14H25N3O2.ClH/c1-10-12(11(2)19-16-10)6-7-13(18)17(5)9-14(3,4)8-15;/h6-9,15H2,1-5H3;1H. The molecule has 20 heavy (non-hydrogen) atoms. The monoisotopic (exact) mass is 303 g/mol. The number of carbonyl (C=O) groups excluding carboxylic acids is 1. The molecule has 0 saturated heterocycles. The highest BCUT2D eigenvalue weighted by Crippen LogP contribution is 2.17. The second-order valence-corrected chi connectivity index (χ2v) is 5.92. The lowest BCUT2D eigenvalue weighted by molar-refractivity contribution is -0.131. The van der Waals surface area contributed by atoms with Crippen LogP contribution in [0, 0.1) is 19.3 Å².